The van der Waals surface area contributed by atoms with E-state index in [0.717, 1.165) is 43.9 Å². The molecule has 0 radical (unpaired) electrons. The third-order valence-electron chi connectivity index (χ3n) is 5.03. The Kier molecular flexibility index (Phi) is 6.36. The van der Waals surface area contributed by atoms with Crippen LogP contribution >= 0.6 is 0 Å². The molecule has 5 nitrogen and oxygen atoms in total. The molecule has 0 aliphatic carbocycles. The first-order chi connectivity index (χ1) is 12.7. The molecule has 1 atom stereocenters. The van der Waals surface area contributed by atoms with E-state index in [1.54, 1.807) is 12.4 Å². The van der Waals surface area contributed by atoms with Crippen LogP contribution in [0.1, 0.15) is 29.7 Å². The van der Waals surface area contributed by atoms with Gasteiger partial charge in [-0.2, -0.15) is 0 Å². The number of pyridine rings is 1. The number of amides is 1. The van der Waals surface area contributed by atoms with Crippen LogP contribution in [-0.2, 0) is 4.79 Å². The lowest BCUT2D eigenvalue weighted by Gasteiger charge is -2.33. The standard InChI is InChI=1S/C21H28N4O/c1-3-24-12-14-25(15-13-24)16-20(26)23-21(19-8-10-22-11-9-19)18-6-4-17(2)5-7-18/h4-11,21H,3,12-16H2,1-2H3,(H,23,26)/t21-/m1/s1. The quantitative estimate of drug-likeness (QED) is 0.866. The summed E-state index contributed by atoms with van der Waals surface area (Å²) in [6, 6.07) is 12.1. The molecule has 1 amide bonds. The Balaban J connectivity index is 1.68. The van der Waals surface area contributed by atoms with Gasteiger partial charge < -0.3 is 10.2 Å². The number of benzene rings is 1. The third-order valence-corrected chi connectivity index (χ3v) is 5.03. The Morgan fingerprint density at radius 1 is 1.00 bits per heavy atom. The van der Waals surface area contributed by atoms with Crippen LogP contribution in [0.4, 0.5) is 0 Å². The molecule has 2 aromatic rings. The van der Waals surface area contributed by atoms with Gasteiger partial charge in [0, 0.05) is 38.6 Å². The smallest absolute Gasteiger partial charge is 0.234 e. The molecular formula is C21H28N4O. The molecule has 3 rings (SSSR count). The van der Waals surface area contributed by atoms with E-state index in [-0.39, 0.29) is 11.9 Å². The highest BCUT2D eigenvalue weighted by molar-refractivity contribution is 5.79. The Morgan fingerprint density at radius 3 is 2.19 bits per heavy atom. The van der Waals surface area contributed by atoms with Crippen molar-refractivity contribution in [1.29, 1.82) is 0 Å². The molecule has 1 fully saturated rings. The Morgan fingerprint density at radius 2 is 1.58 bits per heavy atom. The van der Waals surface area contributed by atoms with Crippen molar-refractivity contribution in [3.63, 3.8) is 0 Å². The largest absolute Gasteiger partial charge is 0.344 e. The van der Waals surface area contributed by atoms with E-state index in [9.17, 15) is 4.79 Å². The normalized spacial score (nSPS) is 17.0. The van der Waals surface area contributed by atoms with Gasteiger partial charge in [0.05, 0.1) is 12.6 Å². The Hall–Kier alpha value is -2.24. The molecule has 1 aliphatic rings. The summed E-state index contributed by atoms with van der Waals surface area (Å²) in [6.07, 6.45) is 3.54. The fourth-order valence-corrected chi connectivity index (χ4v) is 3.35. The van der Waals surface area contributed by atoms with Gasteiger partial charge in [-0.3, -0.25) is 14.7 Å². The van der Waals surface area contributed by atoms with Gasteiger partial charge in [0.2, 0.25) is 5.91 Å². The molecule has 1 saturated heterocycles. The minimum absolute atomic E-state index is 0.0670. The summed E-state index contributed by atoms with van der Waals surface area (Å²) in [5.74, 6) is 0.0670. The average Bonchev–Trinajstić information content (AvgIpc) is 2.68. The van der Waals surface area contributed by atoms with Gasteiger partial charge in [-0.1, -0.05) is 36.8 Å². The van der Waals surface area contributed by atoms with Crippen LogP contribution in [-0.4, -0.2) is 60.0 Å². The molecule has 0 bridgehead atoms. The Labute approximate surface area is 156 Å². The number of hydrogen-bond acceptors (Lipinski definition) is 4. The van der Waals surface area contributed by atoms with Gasteiger partial charge in [0.25, 0.3) is 0 Å². The molecule has 138 valence electrons. The maximum Gasteiger partial charge on any atom is 0.234 e. The number of hydrogen-bond donors (Lipinski definition) is 1. The molecular weight excluding hydrogens is 324 g/mol. The summed E-state index contributed by atoms with van der Waals surface area (Å²) < 4.78 is 0. The molecule has 0 unspecified atom stereocenters. The molecule has 1 N–H and O–H groups in total. The lowest BCUT2D eigenvalue weighted by atomic mass is 9.98. The van der Waals surface area contributed by atoms with Gasteiger partial charge in [0.1, 0.15) is 0 Å². The molecule has 0 saturated carbocycles. The highest BCUT2D eigenvalue weighted by atomic mass is 16.2. The van der Waals surface area contributed by atoms with E-state index in [4.69, 9.17) is 0 Å². The minimum atomic E-state index is -0.150. The summed E-state index contributed by atoms with van der Waals surface area (Å²) in [5, 5.41) is 3.22. The first-order valence-corrected chi connectivity index (χ1v) is 9.36. The molecule has 26 heavy (non-hydrogen) atoms. The maximum absolute atomic E-state index is 12.7. The van der Waals surface area contributed by atoms with Crippen molar-refractivity contribution in [3.05, 3.63) is 65.5 Å². The van der Waals surface area contributed by atoms with E-state index in [1.165, 1.54) is 5.56 Å². The summed E-state index contributed by atoms with van der Waals surface area (Å²) in [4.78, 5) is 21.5. The monoisotopic (exact) mass is 352 g/mol. The predicted molar refractivity (Wildman–Crippen MR) is 104 cm³/mol. The number of piperazine rings is 1. The van der Waals surface area contributed by atoms with Gasteiger partial charge in [-0.15, -0.1) is 0 Å². The molecule has 1 aromatic carbocycles. The summed E-state index contributed by atoms with van der Waals surface area (Å²) in [5.41, 5.74) is 3.35. The van der Waals surface area contributed by atoms with Gasteiger partial charge in [-0.05, 0) is 36.7 Å². The molecule has 1 aromatic heterocycles. The fraction of sp³-hybridized carbons (Fsp3) is 0.429. The predicted octanol–water partition coefficient (Wildman–Crippen LogP) is 2.23. The fourth-order valence-electron chi connectivity index (χ4n) is 3.35. The number of nitrogens with zero attached hydrogens (tertiary/aromatic N) is 3. The number of aryl methyl sites for hydroxylation is 1. The van der Waals surface area contributed by atoms with Crippen molar-refractivity contribution >= 4 is 5.91 Å². The highest BCUT2D eigenvalue weighted by Crippen LogP contribution is 2.22. The second-order valence-electron chi connectivity index (χ2n) is 6.90. The van der Waals surface area contributed by atoms with Crippen LogP contribution in [0.15, 0.2) is 48.8 Å². The number of nitrogens with one attached hydrogen (secondary N) is 1. The third kappa shape index (κ3) is 4.90. The van der Waals surface area contributed by atoms with Crippen LogP contribution in [0, 0.1) is 6.92 Å². The number of carbonyl (C=O) groups excluding carboxylic acids is 1. The second kappa shape index (κ2) is 8.92. The van der Waals surface area contributed by atoms with E-state index >= 15 is 0 Å². The molecule has 1 aliphatic heterocycles. The SMILES string of the molecule is CCN1CCN(CC(=O)N[C@@H](c2ccncc2)c2ccc(C)cc2)CC1. The average molecular weight is 352 g/mol. The topological polar surface area (TPSA) is 48.5 Å². The van der Waals surface area contributed by atoms with Gasteiger partial charge in [0.15, 0.2) is 0 Å². The highest BCUT2D eigenvalue weighted by Gasteiger charge is 2.21. The molecule has 2 heterocycles. The number of rotatable bonds is 6. The first kappa shape index (κ1) is 18.5. The molecule has 5 heteroatoms. The van der Waals surface area contributed by atoms with Crippen LogP contribution in [0.2, 0.25) is 0 Å². The zero-order chi connectivity index (χ0) is 18.4. The zero-order valence-electron chi connectivity index (χ0n) is 15.7. The van der Waals surface area contributed by atoms with Crippen LogP contribution in [0.25, 0.3) is 0 Å². The maximum atomic E-state index is 12.7. The van der Waals surface area contributed by atoms with E-state index in [2.05, 4.69) is 58.2 Å². The summed E-state index contributed by atoms with van der Waals surface area (Å²) in [6.45, 7) is 9.76. The van der Waals surface area contributed by atoms with Crippen molar-refractivity contribution in [2.45, 2.75) is 19.9 Å². The van der Waals surface area contributed by atoms with Crippen molar-refractivity contribution in [2.24, 2.45) is 0 Å². The zero-order valence-corrected chi connectivity index (χ0v) is 15.7. The van der Waals surface area contributed by atoms with Crippen molar-refractivity contribution in [3.8, 4) is 0 Å². The summed E-state index contributed by atoms with van der Waals surface area (Å²) >= 11 is 0. The minimum Gasteiger partial charge on any atom is -0.344 e. The summed E-state index contributed by atoms with van der Waals surface area (Å²) in [7, 11) is 0. The van der Waals surface area contributed by atoms with Gasteiger partial charge >= 0.3 is 0 Å². The Bertz CT molecular complexity index is 694. The van der Waals surface area contributed by atoms with Crippen molar-refractivity contribution < 1.29 is 4.79 Å². The first-order valence-electron chi connectivity index (χ1n) is 9.36. The molecule has 0 spiro atoms. The van der Waals surface area contributed by atoms with E-state index in [0.29, 0.717) is 6.54 Å². The lowest BCUT2D eigenvalue weighted by molar-refractivity contribution is -0.123. The van der Waals surface area contributed by atoms with Crippen LogP contribution in [0.3, 0.4) is 0 Å². The van der Waals surface area contributed by atoms with Gasteiger partial charge in [-0.25, -0.2) is 0 Å². The lowest BCUT2D eigenvalue weighted by Crippen LogP contribution is -2.49. The second-order valence-corrected chi connectivity index (χ2v) is 6.90. The van der Waals surface area contributed by atoms with Crippen molar-refractivity contribution in [1.82, 2.24) is 20.1 Å². The number of carbonyl (C=O) groups is 1. The van der Waals surface area contributed by atoms with Crippen molar-refractivity contribution in [2.75, 3.05) is 39.3 Å². The van der Waals surface area contributed by atoms with Crippen LogP contribution < -0.4 is 5.32 Å². The van der Waals surface area contributed by atoms with E-state index < -0.39 is 0 Å². The number of aromatic nitrogens is 1. The van der Waals surface area contributed by atoms with E-state index in [1.807, 2.05) is 12.1 Å². The van der Waals surface area contributed by atoms with Crippen LogP contribution in [0.5, 0.6) is 0 Å². The number of likely N-dealkylation sites (N-methyl/N-ethyl adjacent to an activating group) is 1.